The fourth-order valence-electron chi connectivity index (χ4n) is 2.95. The normalized spacial score (nSPS) is 42.5. The van der Waals surface area contributed by atoms with Gasteiger partial charge in [-0.2, -0.15) is 0 Å². The first-order valence-electron chi connectivity index (χ1n) is 5.42. The standard InChI is InChI=1S/C11H21N/c1-8(2)12-6-10-4-5-11(7-12)9(10)3/h8-11H,4-7H2,1-3H3/t9?,10-,11+. The Hall–Kier alpha value is -0.0400. The molecule has 1 unspecified atom stereocenters. The van der Waals surface area contributed by atoms with Gasteiger partial charge in [0.25, 0.3) is 0 Å². The molecule has 70 valence electrons. The van der Waals surface area contributed by atoms with Crippen LogP contribution < -0.4 is 0 Å². The second-order valence-electron chi connectivity index (χ2n) is 5.00. The quantitative estimate of drug-likeness (QED) is 0.579. The fourth-order valence-corrected chi connectivity index (χ4v) is 2.95. The lowest BCUT2D eigenvalue weighted by molar-refractivity contribution is 0.0924. The molecule has 2 bridgehead atoms. The van der Waals surface area contributed by atoms with Gasteiger partial charge >= 0.3 is 0 Å². The van der Waals surface area contributed by atoms with E-state index in [1.54, 1.807) is 0 Å². The monoisotopic (exact) mass is 167 g/mol. The Morgan fingerprint density at radius 1 is 1.08 bits per heavy atom. The SMILES string of the molecule is CC1[C@@H]2CC[C@H]1CN(C(C)C)C2. The third kappa shape index (κ3) is 1.28. The van der Waals surface area contributed by atoms with Gasteiger partial charge in [0.15, 0.2) is 0 Å². The van der Waals surface area contributed by atoms with Crippen molar-refractivity contribution in [2.45, 2.75) is 39.7 Å². The van der Waals surface area contributed by atoms with Gasteiger partial charge in [-0.25, -0.2) is 0 Å². The summed E-state index contributed by atoms with van der Waals surface area (Å²) in [5.41, 5.74) is 0. The second-order valence-corrected chi connectivity index (χ2v) is 5.00. The number of piperidine rings is 1. The van der Waals surface area contributed by atoms with Gasteiger partial charge in [0, 0.05) is 19.1 Å². The maximum Gasteiger partial charge on any atom is 0.00388 e. The Kier molecular flexibility index (Phi) is 2.16. The van der Waals surface area contributed by atoms with Crippen LogP contribution in [0.15, 0.2) is 0 Å². The van der Waals surface area contributed by atoms with E-state index in [4.69, 9.17) is 0 Å². The van der Waals surface area contributed by atoms with E-state index in [1.165, 1.54) is 25.9 Å². The minimum Gasteiger partial charge on any atom is -0.300 e. The summed E-state index contributed by atoms with van der Waals surface area (Å²) in [5.74, 6) is 3.05. The molecule has 1 nitrogen and oxygen atoms in total. The van der Waals surface area contributed by atoms with Gasteiger partial charge in [-0.05, 0) is 44.4 Å². The van der Waals surface area contributed by atoms with Gasteiger partial charge in [-0.3, -0.25) is 0 Å². The van der Waals surface area contributed by atoms with Crippen molar-refractivity contribution < 1.29 is 0 Å². The molecule has 1 aliphatic carbocycles. The summed E-state index contributed by atoms with van der Waals surface area (Å²) in [7, 11) is 0. The molecule has 0 N–H and O–H groups in total. The smallest absolute Gasteiger partial charge is 0.00388 e. The molecule has 1 aliphatic heterocycles. The number of fused-ring (bicyclic) bond motifs is 2. The van der Waals surface area contributed by atoms with Gasteiger partial charge in [-0.15, -0.1) is 0 Å². The van der Waals surface area contributed by atoms with Crippen LogP contribution in [0.25, 0.3) is 0 Å². The van der Waals surface area contributed by atoms with Crippen molar-refractivity contribution in [3.05, 3.63) is 0 Å². The number of hydrogen-bond donors (Lipinski definition) is 0. The lowest BCUT2D eigenvalue weighted by atomic mass is 9.86. The molecule has 0 radical (unpaired) electrons. The first-order valence-corrected chi connectivity index (χ1v) is 5.42. The molecular weight excluding hydrogens is 146 g/mol. The van der Waals surface area contributed by atoms with Crippen molar-refractivity contribution in [3.63, 3.8) is 0 Å². The Morgan fingerprint density at radius 3 is 2.00 bits per heavy atom. The Bertz CT molecular complexity index is 150. The zero-order valence-electron chi connectivity index (χ0n) is 8.59. The maximum atomic E-state index is 2.67. The van der Waals surface area contributed by atoms with Crippen LogP contribution in [0.3, 0.4) is 0 Å². The average Bonchev–Trinajstić information content (AvgIpc) is 2.30. The molecule has 0 aromatic heterocycles. The molecule has 12 heavy (non-hydrogen) atoms. The topological polar surface area (TPSA) is 3.24 Å². The van der Waals surface area contributed by atoms with E-state index in [0.29, 0.717) is 0 Å². The van der Waals surface area contributed by atoms with Crippen LogP contribution in [0.5, 0.6) is 0 Å². The predicted octanol–water partition coefficient (Wildman–Crippen LogP) is 2.37. The highest BCUT2D eigenvalue weighted by atomic mass is 15.2. The second kappa shape index (κ2) is 3.02. The Balaban J connectivity index is 2.02. The van der Waals surface area contributed by atoms with Crippen molar-refractivity contribution in [2.75, 3.05) is 13.1 Å². The number of likely N-dealkylation sites (tertiary alicyclic amines) is 1. The van der Waals surface area contributed by atoms with Crippen LogP contribution in [0, 0.1) is 17.8 Å². The number of hydrogen-bond acceptors (Lipinski definition) is 1. The van der Waals surface area contributed by atoms with Crippen molar-refractivity contribution in [1.29, 1.82) is 0 Å². The van der Waals surface area contributed by atoms with Crippen molar-refractivity contribution in [1.82, 2.24) is 4.90 Å². The summed E-state index contributed by atoms with van der Waals surface area (Å²) >= 11 is 0. The lowest BCUT2D eigenvalue weighted by Gasteiger charge is -2.38. The maximum absolute atomic E-state index is 2.67. The molecule has 1 heterocycles. The highest BCUT2D eigenvalue weighted by Crippen LogP contribution is 2.41. The van der Waals surface area contributed by atoms with E-state index in [-0.39, 0.29) is 0 Å². The van der Waals surface area contributed by atoms with Crippen LogP contribution in [0.4, 0.5) is 0 Å². The third-order valence-electron chi connectivity index (χ3n) is 4.06. The van der Waals surface area contributed by atoms with Crippen LogP contribution >= 0.6 is 0 Å². The highest BCUT2D eigenvalue weighted by molar-refractivity contribution is 4.91. The van der Waals surface area contributed by atoms with E-state index in [9.17, 15) is 0 Å². The van der Waals surface area contributed by atoms with Gasteiger partial charge in [0.05, 0.1) is 0 Å². The molecule has 1 saturated carbocycles. The predicted molar refractivity (Wildman–Crippen MR) is 52.1 cm³/mol. The van der Waals surface area contributed by atoms with Gasteiger partial charge in [-0.1, -0.05) is 6.92 Å². The van der Waals surface area contributed by atoms with Crippen LogP contribution in [0.1, 0.15) is 33.6 Å². The van der Waals surface area contributed by atoms with E-state index < -0.39 is 0 Å². The summed E-state index contributed by atoms with van der Waals surface area (Å²) in [6, 6.07) is 0.764. The first kappa shape index (κ1) is 8.55. The summed E-state index contributed by atoms with van der Waals surface area (Å²) in [6.07, 6.45) is 2.99. The molecule has 0 amide bonds. The molecule has 2 aliphatic rings. The molecule has 0 spiro atoms. The molecule has 0 aromatic rings. The fraction of sp³-hybridized carbons (Fsp3) is 1.00. The van der Waals surface area contributed by atoms with Crippen molar-refractivity contribution in [2.24, 2.45) is 17.8 Å². The zero-order chi connectivity index (χ0) is 8.72. The molecular formula is C11H21N. The number of nitrogens with zero attached hydrogens (tertiary/aromatic N) is 1. The van der Waals surface area contributed by atoms with E-state index in [1.807, 2.05) is 0 Å². The summed E-state index contributed by atoms with van der Waals surface area (Å²) in [5, 5.41) is 0. The van der Waals surface area contributed by atoms with Crippen LogP contribution in [0.2, 0.25) is 0 Å². The van der Waals surface area contributed by atoms with E-state index in [0.717, 1.165) is 23.8 Å². The van der Waals surface area contributed by atoms with Gasteiger partial charge in [0.1, 0.15) is 0 Å². The lowest BCUT2D eigenvalue weighted by Crippen LogP contribution is -2.44. The molecule has 2 fully saturated rings. The zero-order valence-corrected chi connectivity index (χ0v) is 8.59. The highest BCUT2D eigenvalue weighted by Gasteiger charge is 2.39. The van der Waals surface area contributed by atoms with E-state index in [2.05, 4.69) is 25.7 Å². The minimum atomic E-state index is 0.764. The molecule has 1 saturated heterocycles. The summed E-state index contributed by atoms with van der Waals surface area (Å²) in [6.45, 7) is 9.86. The Labute approximate surface area is 76.1 Å². The van der Waals surface area contributed by atoms with Crippen LogP contribution in [-0.2, 0) is 0 Å². The minimum absolute atomic E-state index is 0.764. The van der Waals surface area contributed by atoms with E-state index >= 15 is 0 Å². The summed E-state index contributed by atoms with van der Waals surface area (Å²) in [4.78, 5) is 2.67. The summed E-state index contributed by atoms with van der Waals surface area (Å²) < 4.78 is 0. The van der Waals surface area contributed by atoms with Crippen LogP contribution in [-0.4, -0.2) is 24.0 Å². The Morgan fingerprint density at radius 2 is 1.58 bits per heavy atom. The molecule has 0 aromatic carbocycles. The largest absolute Gasteiger partial charge is 0.300 e. The van der Waals surface area contributed by atoms with Crippen molar-refractivity contribution in [3.8, 4) is 0 Å². The third-order valence-corrected chi connectivity index (χ3v) is 4.06. The first-order chi connectivity index (χ1) is 5.68. The van der Waals surface area contributed by atoms with Crippen molar-refractivity contribution >= 4 is 0 Å². The molecule has 2 rings (SSSR count). The number of rotatable bonds is 1. The molecule has 1 heteroatoms. The van der Waals surface area contributed by atoms with Gasteiger partial charge < -0.3 is 4.90 Å². The van der Waals surface area contributed by atoms with Gasteiger partial charge in [0.2, 0.25) is 0 Å². The molecule has 3 atom stereocenters. The average molecular weight is 167 g/mol.